The van der Waals surface area contributed by atoms with Gasteiger partial charge >= 0.3 is 0 Å². The molecule has 3 rings (SSSR count). The van der Waals surface area contributed by atoms with Crippen molar-refractivity contribution in [1.29, 1.82) is 0 Å². The minimum atomic E-state index is -3.62. The summed E-state index contributed by atoms with van der Waals surface area (Å²) in [5, 5.41) is 2.86. The number of nitrogens with one attached hydrogen (secondary N) is 1. The molecule has 1 fully saturated rings. The highest BCUT2D eigenvalue weighted by Gasteiger charge is 2.49. The van der Waals surface area contributed by atoms with Crippen LogP contribution in [0.2, 0.25) is 0 Å². The topological polar surface area (TPSA) is 66.5 Å². The van der Waals surface area contributed by atoms with Crippen LogP contribution in [0.1, 0.15) is 23.2 Å². The first-order valence-corrected chi connectivity index (χ1v) is 6.91. The zero-order chi connectivity index (χ0) is 12.2. The van der Waals surface area contributed by atoms with E-state index in [1.54, 1.807) is 19.2 Å². The average Bonchev–Trinajstić information content (AvgIpc) is 3.09. The van der Waals surface area contributed by atoms with E-state index in [1.165, 1.54) is 6.07 Å². The fourth-order valence-electron chi connectivity index (χ4n) is 2.17. The Morgan fingerprint density at radius 1 is 1.35 bits per heavy atom. The van der Waals surface area contributed by atoms with E-state index < -0.39 is 15.9 Å². The van der Waals surface area contributed by atoms with Crippen LogP contribution in [0.15, 0.2) is 23.1 Å². The molecule has 6 heteroatoms. The SMILES string of the molecule is CNc1cccc2c1C(=O)N(C1CC1)S2(=O)=O. The number of carbonyl (C=O) groups excluding carboxylic acids is 1. The molecule has 90 valence electrons. The normalized spacial score (nSPS) is 21.5. The highest BCUT2D eigenvalue weighted by molar-refractivity contribution is 7.90. The number of hydrogen-bond acceptors (Lipinski definition) is 4. The van der Waals surface area contributed by atoms with E-state index in [1.807, 2.05) is 0 Å². The van der Waals surface area contributed by atoms with Crippen LogP contribution in [-0.2, 0) is 10.0 Å². The lowest BCUT2D eigenvalue weighted by atomic mass is 10.1. The average molecular weight is 252 g/mol. The monoisotopic (exact) mass is 252 g/mol. The van der Waals surface area contributed by atoms with Crippen LogP contribution in [0.5, 0.6) is 0 Å². The molecule has 2 aliphatic rings. The first-order chi connectivity index (χ1) is 8.07. The van der Waals surface area contributed by atoms with Gasteiger partial charge in [-0.3, -0.25) is 4.79 Å². The molecule has 5 nitrogen and oxygen atoms in total. The van der Waals surface area contributed by atoms with Gasteiger partial charge in [-0.15, -0.1) is 0 Å². The standard InChI is InChI=1S/C11H12N2O3S/c1-12-8-3-2-4-9-10(8)11(14)13(7-5-6-7)17(9,15)16/h2-4,7,12H,5-6H2,1H3. The van der Waals surface area contributed by atoms with Gasteiger partial charge in [0.1, 0.15) is 4.90 Å². The minimum absolute atomic E-state index is 0.126. The van der Waals surface area contributed by atoms with Crippen molar-refractivity contribution in [3.8, 4) is 0 Å². The number of fused-ring (bicyclic) bond motifs is 1. The molecule has 0 bridgehead atoms. The van der Waals surface area contributed by atoms with Gasteiger partial charge in [-0.25, -0.2) is 12.7 Å². The van der Waals surface area contributed by atoms with E-state index in [4.69, 9.17) is 0 Å². The van der Waals surface area contributed by atoms with Gasteiger partial charge in [0.25, 0.3) is 15.9 Å². The number of benzene rings is 1. The second-order valence-corrected chi connectivity index (χ2v) is 6.05. The first-order valence-electron chi connectivity index (χ1n) is 5.47. The van der Waals surface area contributed by atoms with Crippen molar-refractivity contribution in [3.63, 3.8) is 0 Å². The molecule has 0 aromatic heterocycles. The van der Waals surface area contributed by atoms with Crippen molar-refractivity contribution in [1.82, 2.24) is 4.31 Å². The van der Waals surface area contributed by atoms with E-state index in [0.717, 1.165) is 17.1 Å². The van der Waals surface area contributed by atoms with Gasteiger partial charge in [-0.05, 0) is 25.0 Å². The van der Waals surface area contributed by atoms with Gasteiger partial charge in [-0.2, -0.15) is 0 Å². The summed E-state index contributed by atoms with van der Waals surface area (Å²) >= 11 is 0. The summed E-state index contributed by atoms with van der Waals surface area (Å²) in [5.41, 5.74) is 0.848. The molecule has 17 heavy (non-hydrogen) atoms. The molecule has 1 aliphatic carbocycles. The lowest BCUT2D eigenvalue weighted by Gasteiger charge is -2.13. The number of carbonyl (C=O) groups is 1. The smallest absolute Gasteiger partial charge is 0.271 e. The fourth-order valence-corrected chi connectivity index (χ4v) is 4.00. The number of amides is 1. The molecule has 1 aliphatic heterocycles. The third-order valence-electron chi connectivity index (χ3n) is 3.12. The van der Waals surface area contributed by atoms with E-state index in [-0.39, 0.29) is 16.5 Å². The Morgan fingerprint density at radius 3 is 2.65 bits per heavy atom. The highest BCUT2D eigenvalue weighted by atomic mass is 32.2. The largest absolute Gasteiger partial charge is 0.387 e. The van der Waals surface area contributed by atoms with Gasteiger partial charge in [0.05, 0.1) is 5.56 Å². The van der Waals surface area contributed by atoms with Crippen LogP contribution in [0.3, 0.4) is 0 Å². The quantitative estimate of drug-likeness (QED) is 0.854. The van der Waals surface area contributed by atoms with Crippen LogP contribution in [0.25, 0.3) is 0 Å². The molecule has 0 atom stereocenters. The maximum absolute atomic E-state index is 12.2. The summed E-state index contributed by atoms with van der Waals surface area (Å²) in [4.78, 5) is 12.3. The predicted octanol–water partition coefficient (Wildman–Crippen LogP) is 1.04. The van der Waals surface area contributed by atoms with Crippen LogP contribution in [0, 0.1) is 0 Å². The van der Waals surface area contributed by atoms with Crippen LogP contribution in [0.4, 0.5) is 5.69 Å². The Balaban J connectivity index is 2.26. The Hall–Kier alpha value is -1.56. The number of anilines is 1. The van der Waals surface area contributed by atoms with Crippen molar-refractivity contribution in [2.45, 2.75) is 23.8 Å². The van der Waals surface area contributed by atoms with Gasteiger partial charge < -0.3 is 5.32 Å². The Morgan fingerprint density at radius 2 is 2.06 bits per heavy atom. The summed E-state index contributed by atoms with van der Waals surface area (Å²) < 4.78 is 25.5. The van der Waals surface area contributed by atoms with Gasteiger partial charge in [0.2, 0.25) is 0 Å². The summed E-state index contributed by atoms with van der Waals surface area (Å²) in [7, 11) is -1.95. The molecule has 0 saturated heterocycles. The maximum atomic E-state index is 12.2. The summed E-state index contributed by atoms with van der Waals surface area (Å²) in [5.74, 6) is -0.396. The third-order valence-corrected chi connectivity index (χ3v) is 5.00. The molecule has 0 unspecified atom stereocenters. The summed E-state index contributed by atoms with van der Waals surface area (Å²) in [6.45, 7) is 0. The third kappa shape index (κ3) is 1.30. The van der Waals surface area contributed by atoms with Crippen LogP contribution < -0.4 is 5.32 Å². The Bertz CT molecular complexity index is 605. The molecule has 1 N–H and O–H groups in total. The molecule has 0 radical (unpaired) electrons. The number of sulfonamides is 1. The zero-order valence-electron chi connectivity index (χ0n) is 9.30. The highest BCUT2D eigenvalue weighted by Crippen LogP contribution is 2.41. The molecular weight excluding hydrogens is 240 g/mol. The summed E-state index contributed by atoms with van der Waals surface area (Å²) in [6.07, 6.45) is 1.54. The first kappa shape index (κ1) is 10.6. The number of nitrogens with zero attached hydrogens (tertiary/aromatic N) is 1. The maximum Gasteiger partial charge on any atom is 0.271 e. The fraction of sp³-hybridized carbons (Fsp3) is 0.364. The van der Waals surface area contributed by atoms with Gasteiger partial charge in [-0.1, -0.05) is 6.07 Å². The van der Waals surface area contributed by atoms with Gasteiger partial charge in [0, 0.05) is 18.8 Å². The van der Waals surface area contributed by atoms with Crippen molar-refractivity contribution in [2.75, 3.05) is 12.4 Å². The minimum Gasteiger partial charge on any atom is -0.387 e. The van der Waals surface area contributed by atoms with Crippen molar-refractivity contribution >= 4 is 21.6 Å². The molecule has 0 spiro atoms. The lowest BCUT2D eigenvalue weighted by molar-refractivity contribution is 0.0866. The number of hydrogen-bond donors (Lipinski definition) is 1. The van der Waals surface area contributed by atoms with Gasteiger partial charge in [0.15, 0.2) is 0 Å². The zero-order valence-corrected chi connectivity index (χ0v) is 10.1. The van der Waals surface area contributed by atoms with Crippen molar-refractivity contribution in [2.24, 2.45) is 0 Å². The van der Waals surface area contributed by atoms with Crippen molar-refractivity contribution < 1.29 is 13.2 Å². The van der Waals surface area contributed by atoms with Crippen LogP contribution in [-0.4, -0.2) is 31.7 Å². The second-order valence-electron chi connectivity index (χ2n) is 4.27. The van der Waals surface area contributed by atoms with E-state index in [0.29, 0.717) is 5.69 Å². The van der Waals surface area contributed by atoms with E-state index >= 15 is 0 Å². The molecule has 1 aromatic rings. The molecule has 1 aromatic carbocycles. The summed E-state index contributed by atoms with van der Waals surface area (Å²) in [6, 6.07) is 4.71. The number of rotatable bonds is 2. The van der Waals surface area contributed by atoms with E-state index in [2.05, 4.69) is 5.32 Å². The molecule has 1 amide bonds. The predicted molar refractivity (Wildman–Crippen MR) is 62.4 cm³/mol. The molecule has 1 heterocycles. The Labute approximate surface area is 99.5 Å². The van der Waals surface area contributed by atoms with E-state index in [9.17, 15) is 13.2 Å². The lowest BCUT2D eigenvalue weighted by Crippen LogP contribution is -2.32. The van der Waals surface area contributed by atoms with Crippen LogP contribution >= 0.6 is 0 Å². The Kier molecular flexibility index (Phi) is 2.01. The second kappa shape index (κ2) is 3.22. The molecule has 1 saturated carbocycles. The van der Waals surface area contributed by atoms with Crippen molar-refractivity contribution in [3.05, 3.63) is 23.8 Å². The molecular formula is C11H12N2O3S.